The van der Waals surface area contributed by atoms with Crippen molar-refractivity contribution < 1.29 is 13.2 Å². The van der Waals surface area contributed by atoms with Crippen LogP contribution in [0.15, 0.2) is 83.5 Å². The van der Waals surface area contributed by atoms with E-state index in [0.717, 1.165) is 5.56 Å². The molecule has 0 radical (unpaired) electrons. The Hall–Kier alpha value is -3.56. The van der Waals surface area contributed by atoms with Gasteiger partial charge in [-0.15, -0.1) is 0 Å². The van der Waals surface area contributed by atoms with Crippen LogP contribution in [-0.4, -0.2) is 38.0 Å². The van der Waals surface area contributed by atoms with Crippen LogP contribution in [0.2, 0.25) is 5.02 Å². The van der Waals surface area contributed by atoms with E-state index in [2.05, 4.69) is 15.0 Å². The average molecular weight is 466 g/mol. The Balaban J connectivity index is 1.33. The molecule has 0 aliphatic carbocycles. The van der Waals surface area contributed by atoms with E-state index in [-0.39, 0.29) is 22.1 Å². The first-order valence-corrected chi connectivity index (χ1v) is 11.6. The quantitative estimate of drug-likeness (QED) is 0.355. The molecule has 5 rings (SSSR count). The maximum absolute atomic E-state index is 13.1. The van der Waals surface area contributed by atoms with E-state index in [0.29, 0.717) is 28.4 Å². The highest BCUT2D eigenvalue weighted by Gasteiger charge is 2.22. The summed E-state index contributed by atoms with van der Waals surface area (Å²) in [6.07, 6.45) is 10.2. The topological polar surface area (TPSA) is 98.7 Å². The van der Waals surface area contributed by atoms with Crippen LogP contribution in [0.4, 0.5) is 0 Å². The highest BCUT2D eigenvalue weighted by Crippen LogP contribution is 2.24. The SMILES string of the molecule is O=C(CCc1ccc(S(=O)(=O)c2cnc3ccc(Cl)cn23)cc1)c1cnc2nccn2c1. The van der Waals surface area contributed by atoms with Gasteiger partial charge in [-0.2, -0.15) is 0 Å². The third kappa shape index (κ3) is 3.65. The number of halogens is 1. The van der Waals surface area contributed by atoms with Crippen LogP contribution < -0.4 is 0 Å². The molecule has 0 spiro atoms. The van der Waals surface area contributed by atoms with Crippen molar-refractivity contribution in [2.75, 3.05) is 0 Å². The summed E-state index contributed by atoms with van der Waals surface area (Å²) in [6, 6.07) is 9.82. The molecular weight excluding hydrogens is 450 g/mol. The third-order valence-corrected chi connectivity index (χ3v) is 7.12. The molecule has 0 saturated heterocycles. The van der Waals surface area contributed by atoms with Gasteiger partial charge in [0.05, 0.1) is 21.7 Å². The van der Waals surface area contributed by atoms with E-state index in [1.165, 1.54) is 35.1 Å². The molecule has 160 valence electrons. The lowest BCUT2D eigenvalue weighted by atomic mass is 10.0. The van der Waals surface area contributed by atoms with E-state index in [1.54, 1.807) is 47.3 Å². The van der Waals surface area contributed by atoms with Gasteiger partial charge in [-0.25, -0.2) is 23.4 Å². The van der Waals surface area contributed by atoms with E-state index in [9.17, 15) is 13.2 Å². The molecule has 4 heterocycles. The number of nitrogens with zero attached hydrogens (tertiary/aromatic N) is 5. The summed E-state index contributed by atoms with van der Waals surface area (Å²) in [5.74, 6) is 0.485. The molecule has 5 aromatic rings. The van der Waals surface area contributed by atoms with Crippen LogP contribution >= 0.6 is 11.6 Å². The van der Waals surface area contributed by atoms with Crippen LogP contribution in [0.5, 0.6) is 0 Å². The molecule has 1 aromatic carbocycles. The number of rotatable bonds is 6. The number of carbonyl (C=O) groups excluding carboxylic acids is 1. The van der Waals surface area contributed by atoms with Gasteiger partial charge in [0.15, 0.2) is 10.8 Å². The van der Waals surface area contributed by atoms with Gasteiger partial charge in [-0.3, -0.25) is 13.6 Å². The molecule has 0 amide bonds. The predicted octanol–water partition coefficient (Wildman–Crippen LogP) is 3.68. The first-order chi connectivity index (χ1) is 15.4. The van der Waals surface area contributed by atoms with Crippen molar-refractivity contribution in [3.05, 3.63) is 89.7 Å². The number of ketones is 1. The lowest BCUT2D eigenvalue weighted by Gasteiger charge is -2.07. The number of sulfone groups is 1. The summed E-state index contributed by atoms with van der Waals surface area (Å²) >= 11 is 6.01. The summed E-state index contributed by atoms with van der Waals surface area (Å²) in [4.78, 5) is 25.0. The van der Waals surface area contributed by atoms with Crippen molar-refractivity contribution in [2.45, 2.75) is 22.8 Å². The Morgan fingerprint density at radius 3 is 2.59 bits per heavy atom. The number of benzene rings is 1. The van der Waals surface area contributed by atoms with Crippen molar-refractivity contribution in [2.24, 2.45) is 0 Å². The number of hydrogen-bond acceptors (Lipinski definition) is 6. The predicted molar refractivity (Wildman–Crippen MR) is 118 cm³/mol. The second-order valence-electron chi connectivity index (χ2n) is 7.22. The van der Waals surface area contributed by atoms with Crippen LogP contribution in [0.1, 0.15) is 22.3 Å². The molecule has 0 aliphatic rings. The number of aryl methyl sites for hydroxylation is 1. The summed E-state index contributed by atoms with van der Waals surface area (Å²) in [6.45, 7) is 0. The molecule has 0 atom stereocenters. The van der Waals surface area contributed by atoms with Gasteiger partial charge < -0.3 is 0 Å². The van der Waals surface area contributed by atoms with E-state index < -0.39 is 9.84 Å². The van der Waals surface area contributed by atoms with Crippen LogP contribution in [0.25, 0.3) is 11.4 Å². The maximum Gasteiger partial charge on any atom is 0.233 e. The van der Waals surface area contributed by atoms with Gasteiger partial charge in [0.2, 0.25) is 15.6 Å². The van der Waals surface area contributed by atoms with Crippen molar-refractivity contribution in [1.29, 1.82) is 0 Å². The number of aromatic nitrogens is 5. The fraction of sp³-hybridized carbons (Fsp3) is 0.0909. The smallest absolute Gasteiger partial charge is 0.233 e. The fourth-order valence-electron chi connectivity index (χ4n) is 3.45. The lowest BCUT2D eigenvalue weighted by molar-refractivity contribution is 0.0982. The number of fused-ring (bicyclic) bond motifs is 2. The summed E-state index contributed by atoms with van der Waals surface area (Å²) in [7, 11) is -3.79. The summed E-state index contributed by atoms with van der Waals surface area (Å²) in [5.41, 5.74) is 1.85. The number of pyridine rings is 1. The zero-order valence-electron chi connectivity index (χ0n) is 16.6. The molecule has 0 N–H and O–H groups in total. The number of imidazole rings is 2. The molecule has 10 heteroatoms. The highest BCUT2D eigenvalue weighted by molar-refractivity contribution is 7.91. The van der Waals surface area contributed by atoms with Gasteiger partial charge in [0.1, 0.15) is 5.65 Å². The van der Waals surface area contributed by atoms with Gasteiger partial charge in [0.25, 0.3) is 0 Å². The normalized spacial score (nSPS) is 11.9. The maximum atomic E-state index is 13.1. The molecule has 8 nitrogen and oxygen atoms in total. The summed E-state index contributed by atoms with van der Waals surface area (Å²) < 4.78 is 29.3. The summed E-state index contributed by atoms with van der Waals surface area (Å²) in [5, 5.41) is 0.453. The Bertz CT molecular complexity index is 1570. The largest absolute Gasteiger partial charge is 0.294 e. The average Bonchev–Trinajstić information content (AvgIpc) is 3.44. The minimum atomic E-state index is -3.79. The fourth-order valence-corrected chi connectivity index (χ4v) is 4.94. The molecule has 4 aromatic heterocycles. The molecule has 0 fully saturated rings. The second kappa shape index (κ2) is 7.85. The zero-order valence-corrected chi connectivity index (χ0v) is 18.2. The molecule has 32 heavy (non-hydrogen) atoms. The molecule has 0 saturated carbocycles. The van der Waals surface area contributed by atoms with Gasteiger partial charge in [-0.05, 0) is 36.2 Å². The van der Waals surface area contributed by atoms with Crippen molar-refractivity contribution in [3.63, 3.8) is 0 Å². The van der Waals surface area contributed by atoms with E-state index in [1.807, 2.05) is 0 Å². The minimum absolute atomic E-state index is 0.0420. The second-order valence-corrected chi connectivity index (χ2v) is 9.55. The van der Waals surface area contributed by atoms with Crippen LogP contribution in [-0.2, 0) is 16.3 Å². The molecule has 0 unspecified atom stereocenters. The van der Waals surface area contributed by atoms with Gasteiger partial charge in [0, 0.05) is 37.4 Å². The van der Waals surface area contributed by atoms with Crippen LogP contribution in [0, 0.1) is 0 Å². The number of Topliss-reactive ketones (excluding diaryl/α,β-unsaturated/α-hetero) is 1. The first-order valence-electron chi connectivity index (χ1n) is 9.70. The first kappa shape index (κ1) is 20.3. The number of carbonyl (C=O) groups is 1. The van der Waals surface area contributed by atoms with Gasteiger partial charge >= 0.3 is 0 Å². The standard InChI is InChI=1S/C22H16ClN5O3S/c23-17-4-8-20-25-12-21(28(20)14-17)32(30,31)18-5-1-15(2-6-18)3-7-19(29)16-11-26-22-24-9-10-27(22)13-16/h1-2,4-6,8-14H,3,7H2. The Morgan fingerprint density at radius 1 is 0.969 bits per heavy atom. The molecule has 0 bridgehead atoms. The van der Waals surface area contributed by atoms with Crippen molar-refractivity contribution in [3.8, 4) is 0 Å². The third-order valence-electron chi connectivity index (χ3n) is 5.15. The Kier molecular flexibility index (Phi) is 4.99. The molecular formula is C22H16ClN5O3S. The van der Waals surface area contributed by atoms with Crippen LogP contribution in [0.3, 0.4) is 0 Å². The van der Waals surface area contributed by atoms with Gasteiger partial charge in [-0.1, -0.05) is 23.7 Å². The highest BCUT2D eigenvalue weighted by atomic mass is 35.5. The zero-order chi connectivity index (χ0) is 22.3. The minimum Gasteiger partial charge on any atom is -0.294 e. The van der Waals surface area contributed by atoms with Crippen molar-refractivity contribution in [1.82, 2.24) is 23.8 Å². The molecule has 0 aliphatic heterocycles. The van der Waals surface area contributed by atoms with Crippen molar-refractivity contribution >= 4 is 38.6 Å². The Morgan fingerprint density at radius 2 is 1.78 bits per heavy atom. The lowest BCUT2D eigenvalue weighted by Crippen LogP contribution is -2.06. The van der Waals surface area contributed by atoms with E-state index >= 15 is 0 Å². The number of hydrogen-bond donors (Lipinski definition) is 0. The monoisotopic (exact) mass is 465 g/mol. The Labute approximate surface area is 188 Å². The van der Waals surface area contributed by atoms with E-state index in [4.69, 9.17) is 11.6 Å².